The van der Waals surface area contributed by atoms with Gasteiger partial charge in [-0.1, -0.05) is 6.42 Å². The number of carbonyl (C=O) groups is 1. The maximum atomic E-state index is 13.1. The maximum absolute atomic E-state index is 13.1. The number of fused-ring (bicyclic) bond motifs is 1. The van der Waals surface area contributed by atoms with Crippen LogP contribution in [-0.2, 0) is 19.6 Å². The van der Waals surface area contributed by atoms with Crippen molar-refractivity contribution in [2.24, 2.45) is 0 Å². The largest absolute Gasteiger partial charge is 0.466 e. The Kier molecular flexibility index (Phi) is 4.96. The molecule has 1 aromatic carbocycles. The number of carbonyl (C=O) groups excluding carboxylic acids is 1. The Hall–Kier alpha value is -2.13. The number of piperidine rings is 1. The molecule has 1 aliphatic heterocycles. The number of aromatic amines is 2. The molecule has 0 bridgehead atoms. The number of nitrogens with zero attached hydrogens (tertiary/aromatic N) is 1. The van der Waals surface area contributed by atoms with E-state index in [1.54, 1.807) is 13.0 Å². The Bertz CT molecular complexity index is 931. The van der Waals surface area contributed by atoms with E-state index in [0.717, 1.165) is 12.8 Å². The van der Waals surface area contributed by atoms with Crippen LogP contribution in [0.25, 0.3) is 11.0 Å². The van der Waals surface area contributed by atoms with Gasteiger partial charge in [-0.05, 0) is 38.0 Å². The van der Waals surface area contributed by atoms with E-state index >= 15 is 0 Å². The number of aromatic nitrogens is 2. The number of sulfonamides is 1. The molecule has 0 aliphatic carbocycles. The van der Waals surface area contributed by atoms with Crippen molar-refractivity contribution in [1.82, 2.24) is 14.3 Å². The van der Waals surface area contributed by atoms with Crippen LogP contribution in [-0.4, -0.2) is 47.9 Å². The van der Waals surface area contributed by atoms with Gasteiger partial charge in [0.05, 0.1) is 29.0 Å². The summed E-state index contributed by atoms with van der Waals surface area (Å²) in [7, 11) is -3.76. The predicted octanol–water partition coefficient (Wildman–Crippen LogP) is 1.35. The Balaban J connectivity index is 1.91. The summed E-state index contributed by atoms with van der Waals surface area (Å²) in [4.78, 5) is 28.4. The number of benzene rings is 1. The third-order valence-corrected chi connectivity index (χ3v) is 6.32. The third kappa shape index (κ3) is 3.62. The molecule has 0 radical (unpaired) electrons. The van der Waals surface area contributed by atoms with Crippen LogP contribution in [0.1, 0.15) is 32.6 Å². The second-order valence-electron chi connectivity index (χ2n) is 6.06. The number of imidazole rings is 1. The van der Waals surface area contributed by atoms with Crippen LogP contribution in [0, 0.1) is 0 Å². The first kappa shape index (κ1) is 17.7. The highest BCUT2D eigenvalue weighted by Crippen LogP contribution is 2.28. The molecule has 136 valence electrons. The number of hydrogen-bond donors (Lipinski definition) is 2. The van der Waals surface area contributed by atoms with Crippen LogP contribution in [0.3, 0.4) is 0 Å². The number of esters is 1. The lowest BCUT2D eigenvalue weighted by Gasteiger charge is -2.34. The summed E-state index contributed by atoms with van der Waals surface area (Å²) in [6.07, 6.45) is 2.31. The molecule has 8 nitrogen and oxygen atoms in total. The number of H-pyrrole nitrogens is 2. The lowest BCUT2D eigenvalue weighted by atomic mass is 10.0. The van der Waals surface area contributed by atoms with Crippen molar-refractivity contribution in [3.8, 4) is 0 Å². The Labute approximate surface area is 145 Å². The topological polar surface area (TPSA) is 112 Å². The van der Waals surface area contributed by atoms with Gasteiger partial charge in [-0.2, -0.15) is 4.31 Å². The highest BCUT2D eigenvalue weighted by molar-refractivity contribution is 7.89. The van der Waals surface area contributed by atoms with Crippen LogP contribution >= 0.6 is 0 Å². The van der Waals surface area contributed by atoms with Gasteiger partial charge in [0.15, 0.2) is 0 Å². The Morgan fingerprint density at radius 3 is 2.80 bits per heavy atom. The molecular formula is C16H21N3O5S. The summed E-state index contributed by atoms with van der Waals surface area (Å²) in [5.74, 6) is -0.389. The minimum atomic E-state index is -3.76. The molecule has 2 heterocycles. The van der Waals surface area contributed by atoms with Crippen LogP contribution in [0.15, 0.2) is 27.9 Å². The van der Waals surface area contributed by atoms with Gasteiger partial charge >= 0.3 is 11.7 Å². The minimum Gasteiger partial charge on any atom is -0.466 e. The quantitative estimate of drug-likeness (QED) is 0.775. The number of hydrogen-bond acceptors (Lipinski definition) is 5. The fourth-order valence-electron chi connectivity index (χ4n) is 3.21. The van der Waals surface area contributed by atoms with Crippen molar-refractivity contribution >= 4 is 27.0 Å². The number of ether oxygens (including phenoxy) is 1. The van der Waals surface area contributed by atoms with Crippen LogP contribution in [0.2, 0.25) is 0 Å². The molecule has 25 heavy (non-hydrogen) atoms. The lowest BCUT2D eigenvalue weighted by molar-refractivity contribution is -0.144. The molecule has 0 unspecified atom stereocenters. The zero-order valence-electron chi connectivity index (χ0n) is 13.9. The van der Waals surface area contributed by atoms with Gasteiger partial charge in [-0.25, -0.2) is 13.2 Å². The highest BCUT2D eigenvalue weighted by Gasteiger charge is 2.35. The summed E-state index contributed by atoms with van der Waals surface area (Å²) in [6.45, 7) is 2.37. The molecular weight excluding hydrogens is 346 g/mol. The molecule has 1 aromatic heterocycles. The summed E-state index contributed by atoms with van der Waals surface area (Å²) >= 11 is 0. The zero-order chi connectivity index (χ0) is 18.0. The average molecular weight is 367 g/mol. The lowest BCUT2D eigenvalue weighted by Crippen LogP contribution is -2.44. The number of nitrogens with one attached hydrogen (secondary N) is 2. The van der Waals surface area contributed by atoms with Crippen molar-refractivity contribution in [3.05, 3.63) is 28.7 Å². The normalized spacial score (nSPS) is 19.2. The first-order chi connectivity index (χ1) is 11.9. The van der Waals surface area contributed by atoms with E-state index < -0.39 is 16.1 Å². The van der Waals surface area contributed by atoms with E-state index in [9.17, 15) is 18.0 Å². The molecule has 2 N–H and O–H groups in total. The van der Waals surface area contributed by atoms with Gasteiger partial charge in [0, 0.05) is 12.6 Å². The molecule has 9 heteroatoms. The van der Waals surface area contributed by atoms with E-state index in [1.165, 1.54) is 16.4 Å². The molecule has 3 rings (SSSR count). The fourth-order valence-corrected chi connectivity index (χ4v) is 4.93. The van der Waals surface area contributed by atoms with E-state index in [1.807, 2.05) is 0 Å². The molecule has 0 saturated carbocycles. The Morgan fingerprint density at radius 2 is 2.04 bits per heavy atom. The van der Waals surface area contributed by atoms with Crippen molar-refractivity contribution in [2.45, 2.75) is 43.5 Å². The second kappa shape index (κ2) is 7.01. The van der Waals surface area contributed by atoms with Crippen molar-refractivity contribution < 1.29 is 17.9 Å². The molecule has 0 spiro atoms. The Morgan fingerprint density at radius 1 is 1.28 bits per heavy atom. The monoisotopic (exact) mass is 367 g/mol. The average Bonchev–Trinajstić information content (AvgIpc) is 2.94. The van der Waals surface area contributed by atoms with Gasteiger partial charge in [-0.3, -0.25) is 4.79 Å². The van der Waals surface area contributed by atoms with Crippen LogP contribution in [0.5, 0.6) is 0 Å². The molecule has 0 amide bonds. The minimum absolute atomic E-state index is 0.0519. The van der Waals surface area contributed by atoms with Gasteiger partial charge in [0.2, 0.25) is 10.0 Å². The van der Waals surface area contributed by atoms with Gasteiger partial charge in [0.25, 0.3) is 0 Å². The molecule has 1 fully saturated rings. The summed E-state index contributed by atoms with van der Waals surface area (Å²) in [6, 6.07) is 4.07. The van der Waals surface area contributed by atoms with Crippen LogP contribution in [0.4, 0.5) is 0 Å². The molecule has 1 atom stereocenters. The highest BCUT2D eigenvalue weighted by atomic mass is 32.2. The van der Waals surface area contributed by atoms with E-state index in [0.29, 0.717) is 24.0 Å². The van der Waals surface area contributed by atoms with E-state index in [4.69, 9.17) is 4.74 Å². The molecule has 1 aliphatic rings. The van der Waals surface area contributed by atoms with Gasteiger partial charge in [-0.15, -0.1) is 0 Å². The molecule has 1 saturated heterocycles. The third-order valence-electron chi connectivity index (χ3n) is 4.37. The number of rotatable bonds is 5. The smallest absolute Gasteiger partial charge is 0.323 e. The van der Waals surface area contributed by atoms with Crippen molar-refractivity contribution in [3.63, 3.8) is 0 Å². The first-order valence-corrected chi connectivity index (χ1v) is 9.75. The van der Waals surface area contributed by atoms with E-state index in [2.05, 4.69) is 9.97 Å². The first-order valence-electron chi connectivity index (χ1n) is 8.31. The zero-order valence-corrected chi connectivity index (χ0v) is 14.8. The predicted molar refractivity (Wildman–Crippen MR) is 91.7 cm³/mol. The summed E-state index contributed by atoms with van der Waals surface area (Å²) in [5.41, 5.74) is 0.596. The SMILES string of the molecule is CCOC(=O)C[C@H]1CCCCN1S(=O)(=O)c1ccc2[nH]c(=O)[nH]c2c1. The van der Waals surface area contributed by atoms with Gasteiger partial charge < -0.3 is 14.7 Å². The molecule has 2 aromatic rings. The second-order valence-corrected chi connectivity index (χ2v) is 7.95. The van der Waals surface area contributed by atoms with Crippen molar-refractivity contribution in [2.75, 3.05) is 13.2 Å². The van der Waals surface area contributed by atoms with Crippen molar-refractivity contribution in [1.29, 1.82) is 0 Å². The summed E-state index contributed by atoms with van der Waals surface area (Å²) < 4.78 is 32.5. The summed E-state index contributed by atoms with van der Waals surface area (Å²) in [5, 5.41) is 0. The fraction of sp³-hybridized carbons (Fsp3) is 0.500. The van der Waals surface area contributed by atoms with E-state index in [-0.39, 0.29) is 29.6 Å². The maximum Gasteiger partial charge on any atom is 0.323 e. The van der Waals surface area contributed by atoms with Crippen LogP contribution < -0.4 is 5.69 Å². The standard InChI is InChI=1S/C16H21N3O5S/c1-2-24-15(20)9-11-5-3-4-8-19(11)25(22,23)12-6-7-13-14(10-12)18-16(21)17-13/h6-7,10-11H,2-5,8-9H2,1H3,(H2,17,18,21)/t11-/m1/s1. The van der Waals surface area contributed by atoms with Gasteiger partial charge in [0.1, 0.15) is 0 Å².